The van der Waals surface area contributed by atoms with Gasteiger partial charge < -0.3 is 25.0 Å². The Morgan fingerprint density at radius 3 is 2.63 bits per heavy atom. The van der Waals surface area contributed by atoms with Crippen molar-refractivity contribution in [3.8, 4) is 11.5 Å². The van der Waals surface area contributed by atoms with Crippen molar-refractivity contribution in [2.75, 3.05) is 13.1 Å². The van der Waals surface area contributed by atoms with E-state index in [1.807, 2.05) is 6.92 Å². The highest BCUT2D eigenvalue weighted by Gasteiger charge is 2.40. The van der Waals surface area contributed by atoms with E-state index in [9.17, 15) is 33.4 Å². The van der Waals surface area contributed by atoms with Gasteiger partial charge in [0, 0.05) is 43.8 Å². The third-order valence-electron chi connectivity index (χ3n) is 4.61. The van der Waals surface area contributed by atoms with Crippen molar-refractivity contribution in [2.45, 2.75) is 37.5 Å². The Labute approximate surface area is 175 Å². The number of nitrogens with zero attached hydrogens (tertiary/aromatic N) is 2. The molecule has 0 aliphatic carbocycles. The summed E-state index contributed by atoms with van der Waals surface area (Å²) >= 11 is -2.33. The van der Waals surface area contributed by atoms with Crippen LogP contribution in [0.15, 0.2) is 23.3 Å². The fourth-order valence-electron chi connectivity index (χ4n) is 2.69. The summed E-state index contributed by atoms with van der Waals surface area (Å²) in [4.78, 5) is 36.9. The molecule has 0 radical (unpaired) electrons. The minimum atomic E-state index is -2.33. The lowest BCUT2D eigenvalue weighted by atomic mass is 10.0. The van der Waals surface area contributed by atoms with E-state index in [-0.39, 0.29) is 42.8 Å². The minimum absolute atomic E-state index is 0.00891. The molecule has 1 aliphatic heterocycles. The Bertz CT molecular complexity index is 891. The average molecular weight is 440 g/mol. The molecule has 1 unspecified atom stereocenters. The number of hydrogen-bond acceptors (Lipinski definition) is 7. The number of aromatic hydroxyl groups is 2. The molecule has 0 saturated carbocycles. The number of amides is 3. The predicted molar refractivity (Wildman–Crippen MR) is 108 cm³/mol. The number of likely N-dealkylation sites (tertiary alicyclic amines) is 1. The lowest BCUT2D eigenvalue weighted by Crippen LogP contribution is -2.57. The molecule has 1 heterocycles. The number of nitrogens with one attached hydrogen (secondary N) is 2. The van der Waals surface area contributed by atoms with Gasteiger partial charge >= 0.3 is 0 Å². The standard InChI is InChI=1S/C18H24N4O7S/c1-11-7-16(26)22(11)10-18(2,30(28)29)9-20-21-15(25)5-6-19-17(27)12-3-4-13(23)14(24)8-12/h3-4,8-9,11,23-24H,5-7,10H2,1-2H3,(H,19,27)(H,21,25)(H,28,29)/b20-9+/t11-,18+/m1/s1. The molecule has 2 rings (SSSR count). The van der Waals surface area contributed by atoms with E-state index in [2.05, 4.69) is 15.8 Å². The van der Waals surface area contributed by atoms with E-state index in [1.54, 1.807) is 0 Å². The molecule has 0 spiro atoms. The zero-order chi connectivity index (χ0) is 22.5. The topological polar surface area (TPSA) is 169 Å². The Balaban J connectivity index is 1.81. The maximum absolute atomic E-state index is 11.9. The first kappa shape index (κ1) is 23.3. The zero-order valence-electron chi connectivity index (χ0n) is 16.5. The molecule has 11 nitrogen and oxygen atoms in total. The number of β-lactam (4-membered cyclic amide) rings is 1. The maximum Gasteiger partial charge on any atom is 0.251 e. The molecule has 1 saturated heterocycles. The molecule has 3 atom stereocenters. The van der Waals surface area contributed by atoms with Crippen molar-refractivity contribution in [1.29, 1.82) is 0 Å². The summed E-state index contributed by atoms with van der Waals surface area (Å²) in [5.41, 5.74) is 2.32. The van der Waals surface area contributed by atoms with E-state index in [1.165, 1.54) is 24.0 Å². The summed E-state index contributed by atoms with van der Waals surface area (Å²) in [6.07, 6.45) is 1.39. The average Bonchev–Trinajstić information content (AvgIpc) is 2.68. The molecular weight excluding hydrogens is 416 g/mol. The highest BCUT2D eigenvalue weighted by atomic mass is 32.2. The van der Waals surface area contributed by atoms with Crippen LogP contribution in [-0.2, 0) is 20.7 Å². The van der Waals surface area contributed by atoms with E-state index in [0.29, 0.717) is 6.42 Å². The Morgan fingerprint density at radius 2 is 2.07 bits per heavy atom. The molecule has 1 aliphatic rings. The van der Waals surface area contributed by atoms with Gasteiger partial charge in [-0.05, 0) is 32.0 Å². The molecule has 164 valence electrons. The second-order valence-corrected chi connectivity index (χ2v) is 8.57. The van der Waals surface area contributed by atoms with Gasteiger partial charge in [-0.2, -0.15) is 5.10 Å². The maximum atomic E-state index is 11.9. The SMILES string of the molecule is C[C@@H]1CC(=O)N1C[C@](C)(/C=N/NC(=O)CCNC(=O)c1ccc(O)c(O)c1)S(=O)O. The molecule has 30 heavy (non-hydrogen) atoms. The van der Waals surface area contributed by atoms with E-state index < -0.39 is 33.4 Å². The summed E-state index contributed by atoms with van der Waals surface area (Å²) in [6.45, 7) is 3.25. The summed E-state index contributed by atoms with van der Waals surface area (Å²) in [6, 6.07) is 3.55. The van der Waals surface area contributed by atoms with Gasteiger partial charge in [-0.15, -0.1) is 0 Å². The highest BCUT2D eigenvalue weighted by molar-refractivity contribution is 7.81. The monoisotopic (exact) mass is 440 g/mol. The highest BCUT2D eigenvalue weighted by Crippen LogP contribution is 2.25. The number of phenolic OH excluding ortho intramolecular Hbond substituents is 2. The third kappa shape index (κ3) is 5.76. The molecular formula is C18H24N4O7S. The minimum Gasteiger partial charge on any atom is -0.504 e. The van der Waals surface area contributed by atoms with Gasteiger partial charge in [-0.3, -0.25) is 14.4 Å². The van der Waals surface area contributed by atoms with E-state index >= 15 is 0 Å². The summed E-state index contributed by atoms with van der Waals surface area (Å²) in [5.74, 6) is -1.99. The van der Waals surface area contributed by atoms with Gasteiger partial charge in [-0.25, -0.2) is 9.63 Å². The second-order valence-electron chi connectivity index (χ2n) is 7.14. The summed E-state index contributed by atoms with van der Waals surface area (Å²) in [7, 11) is 0. The third-order valence-corrected chi connectivity index (χ3v) is 5.64. The number of rotatable bonds is 9. The Hall–Kier alpha value is -2.99. The molecule has 1 aromatic rings. The van der Waals surface area contributed by atoms with Crippen LogP contribution in [0.3, 0.4) is 0 Å². The van der Waals surface area contributed by atoms with Crippen LogP contribution in [0, 0.1) is 0 Å². The predicted octanol–water partition coefficient (Wildman–Crippen LogP) is -0.0791. The van der Waals surface area contributed by atoms with Crippen LogP contribution in [0.1, 0.15) is 37.0 Å². The Kier molecular flexibility index (Phi) is 7.51. The van der Waals surface area contributed by atoms with Crippen molar-refractivity contribution in [3.05, 3.63) is 23.8 Å². The number of hydrazone groups is 1. The van der Waals surface area contributed by atoms with Crippen molar-refractivity contribution in [2.24, 2.45) is 5.10 Å². The molecule has 1 fully saturated rings. The van der Waals surface area contributed by atoms with E-state index in [0.717, 1.165) is 12.3 Å². The second kappa shape index (κ2) is 9.67. The number of benzene rings is 1. The molecule has 5 N–H and O–H groups in total. The van der Waals surface area contributed by atoms with Gasteiger partial charge in [0.25, 0.3) is 5.91 Å². The summed E-state index contributed by atoms with van der Waals surface area (Å²) in [5, 5.41) is 24.8. The van der Waals surface area contributed by atoms with Crippen LogP contribution >= 0.6 is 0 Å². The van der Waals surface area contributed by atoms with Crippen LogP contribution in [0.4, 0.5) is 0 Å². The quantitative estimate of drug-likeness (QED) is 0.118. The lowest BCUT2D eigenvalue weighted by molar-refractivity contribution is -0.145. The van der Waals surface area contributed by atoms with Gasteiger partial charge in [0.15, 0.2) is 22.6 Å². The lowest BCUT2D eigenvalue weighted by Gasteiger charge is -2.41. The van der Waals surface area contributed by atoms with Crippen LogP contribution in [0.25, 0.3) is 0 Å². The normalized spacial score (nSPS) is 19.1. The molecule has 12 heteroatoms. The Morgan fingerprint density at radius 1 is 1.37 bits per heavy atom. The van der Waals surface area contributed by atoms with Crippen LogP contribution in [0.5, 0.6) is 11.5 Å². The van der Waals surface area contributed by atoms with Crippen LogP contribution in [-0.4, -0.2) is 71.7 Å². The van der Waals surface area contributed by atoms with E-state index in [4.69, 9.17) is 0 Å². The van der Waals surface area contributed by atoms with Gasteiger partial charge in [0.2, 0.25) is 11.8 Å². The first-order valence-corrected chi connectivity index (χ1v) is 10.2. The first-order valence-electron chi connectivity index (χ1n) is 9.07. The van der Waals surface area contributed by atoms with Crippen LogP contribution in [0.2, 0.25) is 0 Å². The molecule has 0 aromatic heterocycles. The summed E-state index contributed by atoms with van der Waals surface area (Å²) < 4.78 is 19.9. The number of carbonyl (C=O) groups is 3. The zero-order valence-corrected chi connectivity index (χ0v) is 17.3. The number of phenols is 2. The van der Waals surface area contributed by atoms with Crippen molar-refractivity contribution in [1.82, 2.24) is 15.6 Å². The van der Waals surface area contributed by atoms with Crippen molar-refractivity contribution < 1.29 is 33.4 Å². The first-order chi connectivity index (χ1) is 14.0. The molecule has 0 bridgehead atoms. The number of carbonyl (C=O) groups excluding carboxylic acids is 3. The van der Waals surface area contributed by atoms with Crippen LogP contribution < -0.4 is 10.7 Å². The smallest absolute Gasteiger partial charge is 0.251 e. The fourth-order valence-corrected chi connectivity index (χ4v) is 3.08. The molecule has 1 aromatic carbocycles. The fraction of sp³-hybridized carbons (Fsp3) is 0.444. The van der Waals surface area contributed by atoms with Crippen molar-refractivity contribution >= 4 is 35.0 Å². The van der Waals surface area contributed by atoms with Gasteiger partial charge in [0.05, 0.1) is 0 Å². The van der Waals surface area contributed by atoms with Crippen molar-refractivity contribution in [3.63, 3.8) is 0 Å². The largest absolute Gasteiger partial charge is 0.504 e. The van der Waals surface area contributed by atoms with Gasteiger partial charge in [-0.1, -0.05) is 0 Å². The van der Waals surface area contributed by atoms with Gasteiger partial charge in [0.1, 0.15) is 4.75 Å². The molecule has 3 amide bonds. The number of hydrogen-bond donors (Lipinski definition) is 5.